The second-order valence-corrected chi connectivity index (χ2v) is 8.06. The van der Waals surface area contributed by atoms with E-state index in [1.807, 2.05) is 42.5 Å². The summed E-state index contributed by atoms with van der Waals surface area (Å²) < 4.78 is 10.7. The molecule has 0 aromatic heterocycles. The van der Waals surface area contributed by atoms with Gasteiger partial charge in [0.05, 0.1) is 5.56 Å². The molecule has 1 fully saturated rings. The SMILES string of the molecule is CCSc1ccccc1C(=O)NCC1CC(=O)N(c2ccc3c(c2)OCO3)C1. The number of nitrogens with one attached hydrogen (secondary N) is 1. The van der Waals surface area contributed by atoms with Crippen LogP contribution in [-0.4, -0.2) is 37.4 Å². The van der Waals surface area contributed by atoms with E-state index in [0.29, 0.717) is 36.6 Å². The molecule has 2 aromatic rings. The van der Waals surface area contributed by atoms with Gasteiger partial charge >= 0.3 is 0 Å². The van der Waals surface area contributed by atoms with Gasteiger partial charge in [-0.15, -0.1) is 11.8 Å². The largest absolute Gasteiger partial charge is 0.454 e. The minimum absolute atomic E-state index is 0.0556. The molecule has 0 aliphatic carbocycles. The molecule has 2 heterocycles. The molecule has 7 heteroatoms. The van der Waals surface area contributed by atoms with E-state index in [9.17, 15) is 9.59 Å². The predicted molar refractivity (Wildman–Crippen MR) is 108 cm³/mol. The molecular weight excluding hydrogens is 376 g/mol. The first-order valence-electron chi connectivity index (χ1n) is 9.35. The second-order valence-electron chi connectivity index (χ2n) is 6.75. The number of carbonyl (C=O) groups is 2. The smallest absolute Gasteiger partial charge is 0.252 e. The van der Waals surface area contributed by atoms with Crippen molar-refractivity contribution in [2.24, 2.45) is 5.92 Å². The van der Waals surface area contributed by atoms with Crippen LogP contribution in [0.25, 0.3) is 0 Å². The molecule has 28 heavy (non-hydrogen) atoms. The lowest BCUT2D eigenvalue weighted by Crippen LogP contribution is -2.31. The fourth-order valence-electron chi connectivity index (χ4n) is 3.49. The fraction of sp³-hybridized carbons (Fsp3) is 0.333. The van der Waals surface area contributed by atoms with Crippen LogP contribution in [0, 0.1) is 5.92 Å². The van der Waals surface area contributed by atoms with Crippen molar-refractivity contribution < 1.29 is 19.1 Å². The van der Waals surface area contributed by atoms with Crippen LogP contribution in [0.3, 0.4) is 0 Å². The van der Waals surface area contributed by atoms with Crippen molar-refractivity contribution in [2.75, 3.05) is 30.5 Å². The Morgan fingerprint density at radius 2 is 2.04 bits per heavy atom. The molecule has 1 saturated heterocycles. The van der Waals surface area contributed by atoms with E-state index >= 15 is 0 Å². The molecule has 6 nitrogen and oxygen atoms in total. The van der Waals surface area contributed by atoms with Crippen molar-refractivity contribution >= 4 is 29.3 Å². The summed E-state index contributed by atoms with van der Waals surface area (Å²) in [6.07, 6.45) is 0.417. The van der Waals surface area contributed by atoms with E-state index in [-0.39, 0.29) is 24.5 Å². The van der Waals surface area contributed by atoms with E-state index in [4.69, 9.17) is 9.47 Å². The first-order valence-corrected chi connectivity index (χ1v) is 10.3. The first kappa shape index (κ1) is 18.7. The van der Waals surface area contributed by atoms with Crippen LogP contribution in [0.1, 0.15) is 23.7 Å². The quantitative estimate of drug-likeness (QED) is 0.756. The number of nitrogens with zero attached hydrogens (tertiary/aromatic N) is 1. The Labute approximate surface area is 168 Å². The number of hydrogen-bond donors (Lipinski definition) is 1. The van der Waals surface area contributed by atoms with Gasteiger partial charge in [-0.1, -0.05) is 19.1 Å². The third-order valence-electron chi connectivity index (χ3n) is 4.86. The molecule has 1 atom stereocenters. The summed E-state index contributed by atoms with van der Waals surface area (Å²) in [6, 6.07) is 13.1. The number of carbonyl (C=O) groups excluding carboxylic acids is 2. The summed E-state index contributed by atoms with van der Waals surface area (Å²) in [5.74, 6) is 2.31. The van der Waals surface area contributed by atoms with Gasteiger partial charge in [0.2, 0.25) is 12.7 Å². The van der Waals surface area contributed by atoms with E-state index < -0.39 is 0 Å². The Kier molecular flexibility index (Phi) is 5.43. The fourth-order valence-corrected chi connectivity index (χ4v) is 4.29. The molecule has 0 saturated carbocycles. The minimum atomic E-state index is -0.0921. The van der Waals surface area contributed by atoms with Gasteiger partial charge in [-0.3, -0.25) is 9.59 Å². The first-order chi connectivity index (χ1) is 13.7. The number of fused-ring (bicyclic) bond motifs is 1. The van der Waals surface area contributed by atoms with Crippen LogP contribution in [0.2, 0.25) is 0 Å². The number of anilines is 1. The zero-order valence-corrected chi connectivity index (χ0v) is 16.5. The number of ether oxygens (including phenoxy) is 2. The Balaban J connectivity index is 1.38. The predicted octanol–water partition coefficient (Wildman–Crippen LogP) is 3.31. The summed E-state index contributed by atoms with van der Waals surface area (Å²) in [7, 11) is 0. The molecule has 0 spiro atoms. The lowest BCUT2D eigenvalue weighted by Gasteiger charge is -2.17. The van der Waals surface area contributed by atoms with Crippen molar-refractivity contribution in [1.29, 1.82) is 0 Å². The molecule has 1 N–H and O–H groups in total. The topological polar surface area (TPSA) is 67.9 Å². The third kappa shape index (κ3) is 3.80. The monoisotopic (exact) mass is 398 g/mol. The van der Waals surface area contributed by atoms with Crippen molar-refractivity contribution in [3.63, 3.8) is 0 Å². The summed E-state index contributed by atoms with van der Waals surface area (Å²) in [5, 5.41) is 3.00. The lowest BCUT2D eigenvalue weighted by molar-refractivity contribution is -0.117. The molecule has 2 amide bonds. The number of benzene rings is 2. The standard InChI is InChI=1S/C21H22N2O4S/c1-2-28-19-6-4-3-5-16(19)21(25)22-11-14-9-20(24)23(12-14)15-7-8-17-18(10-15)27-13-26-17/h3-8,10,14H,2,9,11-13H2,1H3,(H,22,25). The molecule has 0 radical (unpaired) electrons. The molecule has 146 valence electrons. The Morgan fingerprint density at radius 3 is 2.89 bits per heavy atom. The van der Waals surface area contributed by atoms with Crippen molar-refractivity contribution in [1.82, 2.24) is 5.32 Å². The van der Waals surface area contributed by atoms with Gasteiger partial charge in [-0.25, -0.2) is 0 Å². The zero-order chi connectivity index (χ0) is 19.5. The number of rotatable bonds is 6. The summed E-state index contributed by atoms with van der Waals surface area (Å²) in [5.41, 5.74) is 1.49. The van der Waals surface area contributed by atoms with Crippen LogP contribution >= 0.6 is 11.8 Å². The van der Waals surface area contributed by atoms with E-state index in [0.717, 1.165) is 16.3 Å². The normalized spacial score (nSPS) is 17.8. The molecule has 2 aliphatic heterocycles. The maximum absolute atomic E-state index is 12.6. The van der Waals surface area contributed by atoms with Crippen molar-refractivity contribution in [3.05, 3.63) is 48.0 Å². The van der Waals surface area contributed by atoms with E-state index in [1.54, 1.807) is 16.7 Å². The minimum Gasteiger partial charge on any atom is -0.454 e. The maximum atomic E-state index is 12.6. The maximum Gasteiger partial charge on any atom is 0.252 e. The lowest BCUT2D eigenvalue weighted by atomic mass is 10.1. The highest BCUT2D eigenvalue weighted by Gasteiger charge is 2.31. The van der Waals surface area contributed by atoms with Gasteiger partial charge in [0.1, 0.15) is 0 Å². The van der Waals surface area contributed by atoms with Gasteiger partial charge in [0.25, 0.3) is 5.91 Å². The molecule has 2 aromatic carbocycles. The zero-order valence-electron chi connectivity index (χ0n) is 15.6. The third-order valence-corrected chi connectivity index (χ3v) is 5.81. The average Bonchev–Trinajstić information content (AvgIpc) is 3.32. The Hall–Kier alpha value is -2.67. The summed E-state index contributed by atoms with van der Waals surface area (Å²) in [4.78, 5) is 27.8. The number of hydrogen-bond acceptors (Lipinski definition) is 5. The average molecular weight is 398 g/mol. The Morgan fingerprint density at radius 1 is 1.21 bits per heavy atom. The number of thioether (sulfide) groups is 1. The summed E-state index contributed by atoms with van der Waals surface area (Å²) >= 11 is 1.65. The highest BCUT2D eigenvalue weighted by atomic mass is 32.2. The molecule has 4 rings (SSSR count). The molecule has 0 bridgehead atoms. The van der Waals surface area contributed by atoms with Gasteiger partial charge in [-0.05, 0) is 30.0 Å². The number of amides is 2. The van der Waals surface area contributed by atoms with Crippen molar-refractivity contribution in [2.45, 2.75) is 18.2 Å². The van der Waals surface area contributed by atoms with E-state index in [1.165, 1.54) is 0 Å². The van der Waals surface area contributed by atoms with E-state index in [2.05, 4.69) is 12.2 Å². The molecule has 2 aliphatic rings. The van der Waals surface area contributed by atoms with Crippen LogP contribution < -0.4 is 19.7 Å². The van der Waals surface area contributed by atoms with Crippen molar-refractivity contribution in [3.8, 4) is 11.5 Å². The highest BCUT2D eigenvalue weighted by molar-refractivity contribution is 7.99. The van der Waals surface area contributed by atoms with Crippen LogP contribution in [0.15, 0.2) is 47.4 Å². The van der Waals surface area contributed by atoms with Gasteiger partial charge in [-0.2, -0.15) is 0 Å². The molecule has 1 unspecified atom stereocenters. The molecular formula is C21H22N2O4S. The van der Waals surface area contributed by atoms with Crippen LogP contribution in [-0.2, 0) is 4.79 Å². The second kappa shape index (κ2) is 8.14. The Bertz CT molecular complexity index is 902. The highest BCUT2D eigenvalue weighted by Crippen LogP contribution is 2.37. The van der Waals surface area contributed by atoms with Crippen LogP contribution in [0.4, 0.5) is 5.69 Å². The summed E-state index contributed by atoms with van der Waals surface area (Å²) in [6.45, 7) is 3.31. The van der Waals surface area contributed by atoms with Gasteiger partial charge < -0.3 is 19.7 Å². The van der Waals surface area contributed by atoms with Gasteiger partial charge in [0, 0.05) is 42.1 Å². The van der Waals surface area contributed by atoms with Crippen LogP contribution in [0.5, 0.6) is 11.5 Å². The van der Waals surface area contributed by atoms with Gasteiger partial charge in [0.15, 0.2) is 11.5 Å².